The van der Waals surface area contributed by atoms with E-state index in [4.69, 9.17) is 4.74 Å². The Balaban J connectivity index is 2.00. The van der Waals surface area contributed by atoms with Crippen molar-refractivity contribution < 1.29 is 4.74 Å². The van der Waals surface area contributed by atoms with Gasteiger partial charge in [0.1, 0.15) is 5.75 Å². The molecule has 1 saturated heterocycles. The monoisotopic (exact) mass is 290 g/mol. The first kappa shape index (κ1) is 16.3. The highest BCUT2D eigenvalue weighted by Crippen LogP contribution is 2.33. The Morgan fingerprint density at radius 1 is 1.33 bits per heavy atom. The van der Waals surface area contributed by atoms with Gasteiger partial charge < -0.3 is 15.0 Å². The van der Waals surface area contributed by atoms with Gasteiger partial charge in [-0.3, -0.25) is 0 Å². The van der Waals surface area contributed by atoms with Crippen LogP contribution in [0, 0.1) is 5.41 Å². The summed E-state index contributed by atoms with van der Waals surface area (Å²) in [6.45, 7) is 6.76. The summed E-state index contributed by atoms with van der Waals surface area (Å²) in [7, 11) is 3.99. The number of hydrogen-bond acceptors (Lipinski definition) is 3. The van der Waals surface area contributed by atoms with Crippen molar-refractivity contribution >= 4 is 0 Å². The zero-order chi connectivity index (χ0) is 15.1. The average molecular weight is 290 g/mol. The smallest absolute Gasteiger partial charge is 0.123 e. The normalized spacial score (nSPS) is 22.5. The van der Waals surface area contributed by atoms with Crippen LogP contribution in [0.1, 0.15) is 38.2 Å². The molecule has 0 radical (unpaired) electrons. The van der Waals surface area contributed by atoms with Crippen molar-refractivity contribution in [2.75, 3.05) is 33.8 Å². The zero-order valence-corrected chi connectivity index (χ0v) is 13.8. The molecule has 0 aromatic heterocycles. The van der Waals surface area contributed by atoms with Gasteiger partial charge in [0, 0.05) is 25.2 Å². The largest absolute Gasteiger partial charge is 0.496 e. The molecule has 1 heterocycles. The minimum atomic E-state index is 0.448. The van der Waals surface area contributed by atoms with Gasteiger partial charge in [-0.15, -0.1) is 0 Å². The van der Waals surface area contributed by atoms with E-state index >= 15 is 0 Å². The average Bonchev–Trinajstić information content (AvgIpc) is 2.48. The Morgan fingerprint density at radius 2 is 2.14 bits per heavy atom. The van der Waals surface area contributed by atoms with Gasteiger partial charge in [-0.2, -0.15) is 0 Å². The van der Waals surface area contributed by atoms with Crippen LogP contribution in [0.2, 0.25) is 0 Å². The Kier molecular flexibility index (Phi) is 6.07. The van der Waals surface area contributed by atoms with Gasteiger partial charge >= 0.3 is 0 Å². The molecule has 118 valence electrons. The van der Waals surface area contributed by atoms with Crippen LogP contribution in [0.4, 0.5) is 0 Å². The molecule has 0 amide bonds. The molecule has 1 aliphatic heterocycles. The van der Waals surface area contributed by atoms with Crippen LogP contribution < -0.4 is 10.1 Å². The first-order chi connectivity index (χ1) is 10.2. The van der Waals surface area contributed by atoms with Crippen LogP contribution in [0.5, 0.6) is 5.75 Å². The molecule has 1 aliphatic rings. The number of para-hydroxylation sites is 1. The molecule has 1 fully saturated rings. The van der Waals surface area contributed by atoms with Crippen molar-refractivity contribution in [2.45, 2.75) is 39.2 Å². The standard InChI is InChI=1S/C18H30N2O/c1-4-10-18(11-7-12-19-14-18)15-20(2)13-16-8-5-6-9-17(16)21-3/h5-6,8-9,19H,4,7,10-15H2,1-3H3. The summed E-state index contributed by atoms with van der Waals surface area (Å²) in [6.07, 6.45) is 5.24. The number of methoxy groups -OCH3 is 1. The fourth-order valence-corrected chi connectivity index (χ4v) is 3.74. The summed E-state index contributed by atoms with van der Waals surface area (Å²) < 4.78 is 5.47. The maximum atomic E-state index is 5.47. The van der Waals surface area contributed by atoms with E-state index in [1.54, 1.807) is 7.11 Å². The zero-order valence-electron chi connectivity index (χ0n) is 13.8. The first-order valence-electron chi connectivity index (χ1n) is 8.20. The summed E-state index contributed by atoms with van der Waals surface area (Å²) in [5.74, 6) is 0.996. The topological polar surface area (TPSA) is 24.5 Å². The second kappa shape index (κ2) is 7.81. The van der Waals surface area contributed by atoms with Crippen LogP contribution in [0.15, 0.2) is 24.3 Å². The second-order valence-corrected chi connectivity index (χ2v) is 6.51. The van der Waals surface area contributed by atoms with Crippen LogP contribution in [0.25, 0.3) is 0 Å². The molecular weight excluding hydrogens is 260 g/mol. The van der Waals surface area contributed by atoms with E-state index < -0.39 is 0 Å². The second-order valence-electron chi connectivity index (χ2n) is 6.51. The van der Waals surface area contributed by atoms with Crippen molar-refractivity contribution in [3.8, 4) is 5.75 Å². The Labute approximate surface area is 129 Å². The molecule has 3 heteroatoms. The maximum absolute atomic E-state index is 5.47. The minimum Gasteiger partial charge on any atom is -0.496 e. The van der Waals surface area contributed by atoms with E-state index in [1.165, 1.54) is 37.8 Å². The molecule has 1 aromatic rings. The lowest BCUT2D eigenvalue weighted by molar-refractivity contribution is 0.118. The number of piperidine rings is 1. The van der Waals surface area contributed by atoms with Gasteiger partial charge in [0.15, 0.2) is 0 Å². The van der Waals surface area contributed by atoms with E-state index in [1.807, 2.05) is 12.1 Å². The maximum Gasteiger partial charge on any atom is 0.123 e. The van der Waals surface area contributed by atoms with Crippen molar-refractivity contribution in [1.82, 2.24) is 10.2 Å². The predicted octanol–water partition coefficient (Wildman–Crippen LogP) is 3.30. The van der Waals surface area contributed by atoms with Gasteiger partial charge in [-0.1, -0.05) is 31.5 Å². The molecular formula is C18H30N2O. The molecule has 0 aliphatic carbocycles. The van der Waals surface area contributed by atoms with E-state index in [2.05, 4.69) is 36.3 Å². The molecule has 1 aromatic carbocycles. The van der Waals surface area contributed by atoms with E-state index in [0.717, 1.165) is 25.4 Å². The molecule has 3 nitrogen and oxygen atoms in total. The summed E-state index contributed by atoms with van der Waals surface area (Å²) in [5, 5.41) is 3.60. The van der Waals surface area contributed by atoms with Gasteiger partial charge in [0.2, 0.25) is 0 Å². The Bertz CT molecular complexity index is 421. The first-order valence-corrected chi connectivity index (χ1v) is 8.20. The fourth-order valence-electron chi connectivity index (χ4n) is 3.74. The minimum absolute atomic E-state index is 0.448. The molecule has 0 spiro atoms. The molecule has 0 bridgehead atoms. The van der Waals surface area contributed by atoms with Crippen LogP contribution in [-0.2, 0) is 6.54 Å². The molecule has 1 N–H and O–H groups in total. The molecule has 1 unspecified atom stereocenters. The van der Waals surface area contributed by atoms with Crippen molar-refractivity contribution in [2.24, 2.45) is 5.41 Å². The quantitative estimate of drug-likeness (QED) is 0.834. The summed E-state index contributed by atoms with van der Waals surface area (Å²) in [6, 6.07) is 8.34. The molecule has 0 saturated carbocycles. The van der Waals surface area contributed by atoms with Crippen molar-refractivity contribution in [1.29, 1.82) is 0 Å². The molecule has 2 rings (SSSR count). The highest BCUT2D eigenvalue weighted by Gasteiger charge is 2.32. The Morgan fingerprint density at radius 3 is 2.81 bits per heavy atom. The van der Waals surface area contributed by atoms with E-state index in [-0.39, 0.29) is 0 Å². The van der Waals surface area contributed by atoms with Gasteiger partial charge in [0.05, 0.1) is 7.11 Å². The summed E-state index contributed by atoms with van der Waals surface area (Å²) in [4.78, 5) is 2.46. The predicted molar refractivity (Wildman–Crippen MR) is 88.8 cm³/mol. The highest BCUT2D eigenvalue weighted by molar-refractivity contribution is 5.33. The number of rotatable bonds is 7. The SMILES string of the molecule is CCCC1(CN(C)Cc2ccccc2OC)CCCNC1. The van der Waals surface area contributed by atoms with Gasteiger partial charge in [-0.25, -0.2) is 0 Å². The Hall–Kier alpha value is -1.06. The third-order valence-corrected chi connectivity index (χ3v) is 4.58. The van der Waals surface area contributed by atoms with Gasteiger partial charge in [-0.05, 0) is 44.3 Å². The molecule has 1 atom stereocenters. The van der Waals surface area contributed by atoms with Crippen molar-refractivity contribution in [3.05, 3.63) is 29.8 Å². The fraction of sp³-hybridized carbons (Fsp3) is 0.667. The summed E-state index contributed by atoms with van der Waals surface area (Å²) >= 11 is 0. The van der Waals surface area contributed by atoms with Crippen LogP contribution in [0.3, 0.4) is 0 Å². The lowest BCUT2D eigenvalue weighted by atomic mass is 9.76. The van der Waals surface area contributed by atoms with Crippen LogP contribution >= 0.6 is 0 Å². The number of hydrogen-bond donors (Lipinski definition) is 1. The van der Waals surface area contributed by atoms with Crippen LogP contribution in [-0.4, -0.2) is 38.7 Å². The lowest BCUT2D eigenvalue weighted by Crippen LogP contribution is -2.46. The van der Waals surface area contributed by atoms with Crippen molar-refractivity contribution in [3.63, 3.8) is 0 Å². The van der Waals surface area contributed by atoms with E-state index in [0.29, 0.717) is 5.41 Å². The van der Waals surface area contributed by atoms with Gasteiger partial charge in [0.25, 0.3) is 0 Å². The number of nitrogens with one attached hydrogen (secondary N) is 1. The number of benzene rings is 1. The highest BCUT2D eigenvalue weighted by atomic mass is 16.5. The third kappa shape index (κ3) is 4.45. The lowest BCUT2D eigenvalue weighted by Gasteiger charge is -2.40. The number of ether oxygens (including phenoxy) is 1. The molecule has 21 heavy (non-hydrogen) atoms. The third-order valence-electron chi connectivity index (χ3n) is 4.58. The van der Waals surface area contributed by atoms with E-state index in [9.17, 15) is 0 Å². The number of nitrogens with zero attached hydrogens (tertiary/aromatic N) is 1. The summed E-state index contributed by atoms with van der Waals surface area (Å²) in [5.41, 5.74) is 1.72.